The number of hydrogen-bond donors (Lipinski definition) is 2. The van der Waals surface area contributed by atoms with Crippen LogP contribution in [0.5, 0.6) is 5.75 Å². The van der Waals surface area contributed by atoms with Crippen molar-refractivity contribution in [2.45, 2.75) is 13.5 Å². The third-order valence-electron chi connectivity index (χ3n) is 3.63. The normalized spacial score (nSPS) is 11.8. The lowest BCUT2D eigenvalue weighted by molar-refractivity contribution is -0.903. The maximum Gasteiger partial charge on any atom is 0.279 e. The number of quaternary nitrogens is 1. The summed E-state index contributed by atoms with van der Waals surface area (Å²) in [7, 11) is 1.61. The number of anilines is 1. The van der Waals surface area contributed by atoms with Crippen molar-refractivity contribution in [3.8, 4) is 5.75 Å². The molecule has 0 aromatic heterocycles. The van der Waals surface area contributed by atoms with E-state index in [1.807, 2.05) is 36.4 Å². The predicted octanol–water partition coefficient (Wildman–Crippen LogP) is 2.50. The molecule has 2 rings (SSSR count). The molecule has 5 heteroatoms. The Morgan fingerprint density at radius 1 is 1.22 bits per heavy atom. The Bertz CT molecular complexity index is 644. The molecule has 0 saturated carbocycles. The highest BCUT2D eigenvalue weighted by Crippen LogP contribution is 2.16. The van der Waals surface area contributed by atoms with Gasteiger partial charge in [-0.1, -0.05) is 34.1 Å². The van der Waals surface area contributed by atoms with E-state index in [1.54, 1.807) is 7.11 Å². The van der Waals surface area contributed by atoms with Crippen molar-refractivity contribution in [3.63, 3.8) is 0 Å². The summed E-state index contributed by atoms with van der Waals surface area (Å²) in [6.07, 6.45) is 0. The molecule has 1 amide bonds. The summed E-state index contributed by atoms with van der Waals surface area (Å²) in [5.41, 5.74) is 1.98. The Balaban J connectivity index is 1.92. The van der Waals surface area contributed by atoms with Crippen molar-refractivity contribution in [2.75, 3.05) is 25.5 Å². The molecule has 0 aliphatic heterocycles. The van der Waals surface area contributed by atoms with Crippen molar-refractivity contribution in [1.82, 2.24) is 0 Å². The van der Waals surface area contributed by atoms with E-state index in [1.165, 1.54) is 10.5 Å². The van der Waals surface area contributed by atoms with Crippen LogP contribution in [-0.4, -0.2) is 26.1 Å². The van der Waals surface area contributed by atoms with Crippen LogP contribution in [-0.2, 0) is 11.3 Å². The van der Waals surface area contributed by atoms with Crippen LogP contribution < -0.4 is 15.0 Å². The van der Waals surface area contributed by atoms with E-state index in [0.717, 1.165) is 29.0 Å². The number of halogens is 1. The van der Waals surface area contributed by atoms with Gasteiger partial charge in [0.2, 0.25) is 0 Å². The molecule has 0 aliphatic rings. The van der Waals surface area contributed by atoms with Crippen molar-refractivity contribution < 1.29 is 14.4 Å². The maximum absolute atomic E-state index is 12.2. The minimum absolute atomic E-state index is 0.00668. The minimum atomic E-state index is 0.00668. The Labute approximate surface area is 145 Å². The van der Waals surface area contributed by atoms with Crippen molar-refractivity contribution in [2.24, 2.45) is 0 Å². The third-order valence-corrected chi connectivity index (χ3v) is 4.16. The molecule has 0 heterocycles. The van der Waals surface area contributed by atoms with Gasteiger partial charge in [0.25, 0.3) is 5.91 Å². The number of nitrogens with one attached hydrogen (secondary N) is 2. The lowest BCUT2D eigenvalue weighted by Gasteiger charge is -2.17. The van der Waals surface area contributed by atoms with Crippen molar-refractivity contribution in [1.29, 1.82) is 0 Å². The number of carbonyl (C=O) groups excluding carboxylic acids is 1. The first-order valence-electron chi connectivity index (χ1n) is 7.62. The molecule has 23 heavy (non-hydrogen) atoms. The molecule has 4 nitrogen and oxygen atoms in total. The zero-order valence-electron chi connectivity index (χ0n) is 13.4. The second-order valence-corrected chi connectivity index (χ2v) is 6.28. The highest BCUT2D eigenvalue weighted by atomic mass is 79.9. The molecular formula is C18H22BrN2O2+. The largest absolute Gasteiger partial charge is 0.497 e. The maximum atomic E-state index is 12.2. The first-order chi connectivity index (χ1) is 11.1. The number of likely N-dealkylation sites (N-methyl/N-ethyl adjacent to an activating group) is 1. The fraction of sp³-hybridized carbons (Fsp3) is 0.278. The van der Waals surface area contributed by atoms with E-state index < -0.39 is 0 Å². The molecule has 2 aromatic rings. The van der Waals surface area contributed by atoms with E-state index in [4.69, 9.17) is 4.74 Å². The number of rotatable bonds is 7. The summed E-state index contributed by atoms with van der Waals surface area (Å²) in [5.74, 6) is 0.740. The molecule has 0 spiro atoms. The molecule has 0 aliphatic carbocycles. The minimum Gasteiger partial charge on any atom is -0.497 e. The van der Waals surface area contributed by atoms with Crippen LogP contribution in [0.4, 0.5) is 5.69 Å². The highest BCUT2D eigenvalue weighted by molar-refractivity contribution is 9.10. The standard InChI is InChI=1S/C18H21BrN2O2/c1-3-21(12-14-7-9-15(19)10-8-14)13-18(22)20-16-5-4-6-17(11-16)23-2/h4-11H,3,12-13H2,1-2H3,(H,20,22)/p+1. The van der Waals surface area contributed by atoms with Crippen molar-refractivity contribution in [3.05, 3.63) is 58.6 Å². The summed E-state index contributed by atoms with van der Waals surface area (Å²) in [5, 5.41) is 2.93. The van der Waals surface area contributed by atoms with Gasteiger partial charge in [-0.3, -0.25) is 4.79 Å². The van der Waals surface area contributed by atoms with Gasteiger partial charge in [-0.05, 0) is 31.2 Å². The Morgan fingerprint density at radius 2 is 1.96 bits per heavy atom. The second-order valence-electron chi connectivity index (χ2n) is 5.36. The lowest BCUT2D eigenvalue weighted by Crippen LogP contribution is -3.11. The van der Waals surface area contributed by atoms with Crippen LogP contribution in [0.2, 0.25) is 0 Å². The van der Waals surface area contributed by atoms with Gasteiger partial charge in [0.1, 0.15) is 12.3 Å². The number of ether oxygens (including phenoxy) is 1. The van der Waals surface area contributed by atoms with E-state index in [2.05, 4.69) is 40.3 Å². The predicted molar refractivity (Wildman–Crippen MR) is 95.8 cm³/mol. The van der Waals surface area contributed by atoms with E-state index in [0.29, 0.717) is 6.54 Å². The third kappa shape index (κ3) is 5.69. The van der Waals surface area contributed by atoms with Crippen LogP contribution in [0.3, 0.4) is 0 Å². The smallest absolute Gasteiger partial charge is 0.279 e. The molecule has 0 bridgehead atoms. The van der Waals surface area contributed by atoms with Crippen LogP contribution in [0.25, 0.3) is 0 Å². The summed E-state index contributed by atoms with van der Waals surface area (Å²) < 4.78 is 6.23. The fourth-order valence-electron chi connectivity index (χ4n) is 2.34. The quantitative estimate of drug-likeness (QED) is 0.778. The molecule has 2 N–H and O–H groups in total. The summed E-state index contributed by atoms with van der Waals surface area (Å²) in [6, 6.07) is 15.6. The Kier molecular flexibility index (Phi) is 6.62. The monoisotopic (exact) mass is 377 g/mol. The SMILES string of the molecule is CC[NH+](CC(=O)Nc1cccc(OC)c1)Cc1ccc(Br)cc1. The summed E-state index contributed by atoms with van der Waals surface area (Å²) in [4.78, 5) is 13.5. The highest BCUT2D eigenvalue weighted by Gasteiger charge is 2.13. The molecular weight excluding hydrogens is 356 g/mol. The molecule has 0 fully saturated rings. The molecule has 0 saturated heterocycles. The molecule has 122 valence electrons. The van der Waals surface area contributed by atoms with Gasteiger partial charge < -0.3 is 15.0 Å². The Hall–Kier alpha value is -1.85. The molecule has 0 radical (unpaired) electrons. The van der Waals surface area contributed by atoms with E-state index in [9.17, 15) is 4.79 Å². The first-order valence-corrected chi connectivity index (χ1v) is 8.42. The number of carbonyl (C=O) groups is 1. The lowest BCUT2D eigenvalue weighted by atomic mass is 10.2. The van der Waals surface area contributed by atoms with Gasteiger partial charge in [0.15, 0.2) is 6.54 Å². The summed E-state index contributed by atoms with van der Waals surface area (Å²) in [6.45, 7) is 4.24. The second kappa shape index (κ2) is 8.70. The number of amides is 1. The van der Waals surface area contributed by atoms with Crippen LogP contribution >= 0.6 is 15.9 Å². The average molecular weight is 378 g/mol. The summed E-state index contributed by atoms with van der Waals surface area (Å²) >= 11 is 3.44. The van der Waals surface area contributed by atoms with E-state index >= 15 is 0 Å². The zero-order chi connectivity index (χ0) is 16.7. The zero-order valence-corrected chi connectivity index (χ0v) is 15.0. The average Bonchev–Trinajstić information content (AvgIpc) is 2.56. The molecule has 1 unspecified atom stereocenters. The van der Waals surface area contributed by atoms with Gasteiger partial charge in [-0.2, -0.15) is 0 Å². The molecule has 1 atom stereocenters. The van der Waals surface area contributed by atoms with E-state index in [-0.39, 0.29) is 5.91 Å². The van der Waals surface area contributed by atoms with Gasteiger partial charge >= 0.3 is 0 Å². The van der Waals surface area contributed by atoms with Gasteiger partial charge in [0.05, 0.1) is 13.7 Å². The van der Waals surface area contributed by atoms with Crippen LogP contribution in [0, 0.1) is 0 Å². The number of methoxy groups -OCH3 is 1. The molecule has 2 aromatic carbocycles. The van der Waals surface area contributed by atoms with Crippen LogP contribution in [0.15, 0.2) is 53.0 Å². The van der Waals surface area contributed by atoms with Crippen LogP contribution in [0.1, 0.15) is 12.5 Å². The Morgan fingerprint density at radius 3 is 2.61 bits per heavy atom. The number of hydrogen-bond acceptors (Lipinski definition) is 2. The van der Waals surface area contributed by atoms with Gasteiger partial charge in [-0.15, -0.1) is 0 Å². The van der Waals surface area contributed by atoms with Crippen molar-refractivity contribution >= 4 is 27.5 Å². The first kappa shape index (κ1) is 17.5. The topological polar surface area (TPSA) is 42.8 Å². The van der Waals surface area contributed by atoms with Gasteiger partial charge in [-0.25, -0.2) is 0 Å². The number of benzene rings is 2. The fourth-order valence-corrected chi connectivity index (χ4v) is 2.60. The van der Waals surface area contributed by atoms with Gasteiger partial charge in [0, 0.05) is 21.8 Å².